The molecule has 2 aliphatic rings. The Labute approximate surface area is 105 Å². The zero-order valence-corrected chi connectivity index (χ0v) is 11.5. The van der Waals surface area contributed by atoms with E-state index in [-0.39, 0.29) is 5.92 Å². The molecule has 3 atom stereocenters. The maximum absolute atomic E-state index is 12.3. The standard InChI is InChI=1S/C14H26N2O/c1-4-5-8-16-9-11-6-7-13(15(2)3)12(10-16)14(11)17/h11-13H,4-10H2,1-3H3/t11?,12?,13-/m1/s1. The fraction of sp³-hybridized carbons (Fsp3) is 0.929. The van der Waals surface area contributed by atoms with Gasteiger partial charge in [0, 0.05) is 31.0 Å². The van der Waals surface area contributed by atoms with Crippen molar-refractivity contribution in [1.82, 2.24) is 9.80 Å². The molecule has 17 heavy (non-hydrogen) atoms. The minimum absolute atomic E-state index is 0.273. The van der Waals surface area contributed by atoms with Crippen LogP contribution in [0, 0.1) is 11.8 Å². The Kier molecular flexibility index (Phi) is 4.21. The summed E-state index contributed by atoms with van der Waals surface area (Å²) < 4.78 is 0. The van der Waals surface area contributed by atoms with Crippen LogP contribution in [0.2, 0.25) is 0 Å². The Balaban J connectivity index is 2.02. The molecule has 0 aromatic carbocycles. The smallest absolute Gasteiger partial charge is 0.143 e. The highest BCUT2D eigenvalue weighted by Crippen LogP contribution is 2.33. The third-order valence-electron chi connectivity index (χ3n) is 4.47. The van der Waals surface area contributed by atoms with Crippen molar-refractivity contribution in [1.29, 1.82) is 0 Å². The van der Waals surface area contributed by atoms with Crippen LogP contribution in [0.4, 0.5) is 0 Å². The van der Waals surface area contributed by atoms with E-state index in [2.05, 4.69) is 30.8 Å². The number of likely N-dealkylation sites (tertiary alicyclic amines) is 1. The van der Waals surface area contributed by atoms with Crippen molar-refractivity contribution in [3.8, 4) is 0 Å². The van der Waals surface area contributed by atoms with Crippen molar-refractivity contribution in [3.63, 3.8) is 0 Å². The van der Waals surface area contributed by atoms with Crippen molar-refractivity contribution >= 4 is 5.78 Å². The number of nitrogens with zero attached hydrogens (tertiary/aromatic N) is 2. The molecule has 2 rings (SSSR count). The Morgan fingerprint density at radius 3 is 2.71 bits per heavy atom. The van der Waals surface area contributed by atoms with E-state index in [0.29, 0.717) is 17.7 Å². The van der Waals surface area contributed by atoms with Crippen LogP contribution in [0.3, 0.4) is 0 Å². The lowest BCUT2D eigenvalue weighted by molar-refractivity contribution is -0.138. The number of Topliss-reactive ketones (excluding diaryl/α,β-unsaturated/α-hetero) is 1. The van der Waals surface area contributed by atoms with E-state index in [0.717, 1.165) is 19.5 Å². The lowest BCUT2D eigenvalue weighted by Gasteiger charge is -2.46. The monoisotopic (exact) mass is 238 g/mol. The van der Waals surface area contributed by atoms with Gasteiger partial charge in [-0.1, -0.05) is 13.3 Å². The summed E-state index contributed by atoms with van der Waals surface area (Å²) in [4.78, 5) is 17.1. The number of unbranched alkanes of at least 4 members (excludes halogenated alkanes) is 1. The van der Waals surface area contributed by atoms with Crippen LogP contribution in [0.15, 0.2) is 0 Å². The van der Waals surface area contributed by atoms with Gasteiger partial charge >= 0.3 is 0 Å². The molecule has 3 nitrogen and oxygen atoms in total. The van der Waals surface area contributed by atoms with Crippen LogP contribution in [0.5, 0.6) is 0 Å². The first-order valence-corrected chi connectivity index (χ1v) is 7.06. The molecule has 3 heteroatoms. The van der Waals surface area contributed by atoms with Crippen LogP contribution >= 0.6 is 0 Å². The molecule has 0 aromatic heterocycles. The highest BCUT2D eigenvalue weighted by molar-refractivity contribution is 5.86. The predicted octanol–water partition coefficient (Wildman–Crippen LogP) is 1.63. The largest absolute Gasteiger partial charge is 0.306 e. The summed E-state index contributed by atoms with van der Waals surface area (Å²) in [6.07, 6.45) is 4.81. The van der Waals surface area contributed by atoms with E-state index in [9.17, 15) is 4.79 Å². The third kappa shape index (κ3) is 2.71. The number of hydrogen-bond donors (Lipinski definition) is 0. The maximum Gasteiger partial charge on any atom is 0.143 e. The fourth-order valence-electron chi connectivity index (χ4n) is 3.45. The van der Waals surface area contributed by atoms with Crippen LogP contribution in [0.25, 0.3) is 0 Å². The van der Waals surface area contributed by atoms with Gasteiger partial charge in [0.15, 0.2) is 0 Å². The van der Waals surface area contributed by atoms with Gasteiger partial charge in [-0.2, -0.15) is 0 Å². The molecule has 0 spiro atoms. The molecule has 1 aliphatic heterocycles. The summed E-state index contributed by atoms with van der Waals surface area (Å²) in [6.45, 7) is 5.43. The number of carbonyl (C=O) groups excluding carboxylic acids is 1. The Morgan fingerprint density at radius 1 is 1.29 bits per heavy atom. The fourth-order valence-corrected chi connectivity index (χ4v) is 3.45. The van der Waals surface area contributed by atoms with E-state index in [4.69, 9.17) is 0 Å². The number of fused-ring (bicyclic) bond motifs is 2. The first-order valence-electron chi connectivity index (χ1n) is 7.06. The van der Waals surface area contributed by atoms with Gasteiger partial charge in [-0.3, -0.25) is 4.79 Å². The van der Waals surface area contributed by atoms with Crippen LogP contribution in [0.1, 0.15) is 32.6 Å². The molecule has 1 aliphatic carbocycles. The summed E-state index contributed by atoms with van der Waals surface area (Å²) in [5, 5.41) is 0. The number of hydrogen-bond acceptors (Lipinski definition) is 3. The Hall–Kier alpha value is -0.410. The van der Waals surface area contributed by atoms with Crippen molar-refractivity contribution in [2.75, 3.05) is 33.7 Å². The molecule has 1 saturated carbocycles. The highest BCUT2D eigenvalue weighted by atomic mass is 16.1. The summed E-state index contributed by atoms with van der Waals surface area (Å²) in [5.41, 5.74) is 0. The molecule has 98 valence electrons. The molecule has 1 heterocycles. The maximum atomic E-state index is 12.3. The molecule has 2 bridgehead atoms. The van der Waals surface area contributed by atoms with Gasteiger partial charge in [0.05, 0.1) is 0 Å². The van der Waals surface area contributed by atoms with Crippen molar-refractivity contribution < 1.29 is 4.79 Å². The van der Waals surface area contributed by atoms with Gasteiger partial charge in [-0.05, 0) is 39.9 Å². The van der Waals surface area contributed by atoms with Crippen LogP contribution < -0.4 is 0 Å². The molecule has 0 amide bonds. The molecule has 2 unspecified atom stereocenters. The zero-order valence-electron chi connectivity index (χ0n) is 11.5. The third-order valence-corrected chi connectivity index (χ3v) is 4.47. The van der Waals surface area contributed by atoms with E-state index >= 15 is 0 Å². The predicted molar refractivity (Wildman–Crippen MR) is 70.0 cm³/mol. The lowest BCUT2D eigenvalue weighted by atomic mass is 9.73. The van der Waals surface area contributed by atoms with Gasteiger partial charge < -0.3 is 9.80 Å². The molecular weight excluding hydrogens is 212 g/mol. The highest BCUT2D eigenvalue weighted by Gasteiger charge is 2.43. The lowest BCUT2D eigenvalue weighted by Crippen LogP contribution is -2.57. The van der Waals surface area contributed by atoms with E-state index in [1.807, 2.05) is 0 Å². The number of ketones is 1. The van der Waals surface area contributed by atoms with Gasteiger partial charge in [-0.15, -0.1) is 0 Å². The molecule has 0 N–H and O–H groups in total. The first kappa shape index (κ1) is 13.0. The van der Waals surface area contributed by atoms with Gasteiger partial charge in [0.2, 0.25) is 0 Å². The Bertz CT molecular complexity index is 277. The van der Waals surface area contributed by atoms with E-state index < -0.39 is 0 Å². The zero-order chi connectivity index (χ0) is 12.4. The van der Waals surface area contributed by atoms with Gasteiger partial charge in [-0.25, -0.2) is 0 Å². The number of piperidine rings is 1. The van der Waals surface area contributed by atoms with Gasteiger partial charge in [0.1, 0.15) is 5.78 Å². The summed E-state index contributed by atoms with van der Waals surface area (Å²) in [6, 6.07) is 0.475. The van der Waals surface area contributed by atoms with E-state index in [1.165, 1.54) is 25.8 Å². The number of carbonyl (C=O) groups is 1. The van der Waals surface area contributed by atoms with Crippen LogP contribution in [-0.4, -0.2) is 55.4 Å². The quantitative estimate of drug-likeness (QED) is 0.744. The second-order valence-corrected chi connectivity index (χ2v) is 5.93. The summed E-state index contributed by atoms with van der Waals surface area (Å²) in [5.74, 6) is 1.15. The minimum Gasteiger partial charge on any atom is -0.306 e. The molecule has 2 fully saturated rings. The summed E-state index contributed by atoms with van der Waals surface area (Å²) >= 11 is 0. The average Bonchev–Trinajstić information content (AvgIpc) is 2.26. The van der Waals surface area contributed by atoms with E-state index in [1.54, 1.807) is 0 Å². The molecule has 0 aromatic rings. The average molecular weight is 238 g/mol. The second kappa shape index (κ2) is 5.49. The van der Waals surface area contributed by atoms with Crippen molar-refractivity contribution in [3.05, 3.63) is 0 Å². The van der Waals surface area contributed by atoms with Gasteiger partial charge in [0.25, 0.3) is 0 Å². The van der Waals surface area contributed by atoms with Crippen LogP contribution in [-0.2, 0) is 4.79 Å². The molecule has 0 radical (unpaired) electrons. The SMILES string of the molecule is CCCCN1CC2CC[C@@H](N(C)C)C(C1)C2=O. The summed E-state index contributed by atoms with van der Waals surface area (Å²) in [7, 11) is 4.23. The Morgan fingerprint density at radius 2 is 2.06 bits per heavy atom. The van der Waals surface area contributed by atoms with Crippen molar-refractivity contribution in [2.45, 2.75) is 38.6 Å². The number of rotatable bonds is 4. The van der Waals surface area contributed by atoms with Crippen molar-refractivity contribution in [2.24, 2.45) is 11.8 Å². The molecular formula is C14H26N2O. The minimum atomic E-state index is 0.273. The normalized spacial score (nSPS) is 34.4. The molecule has 1 saturated heterocycles. The topological polar surface area (TPSA) is 23.6 Å². The second-order valence-electron chi connectivity index (χ2n) is 5.93. The first-order chi connectivity index (χ1) is 8.13.